The van der Waals surface area contributed by atoms with Crippen LogP contribution in [0.1, 0.15) is 23.8 Å². The smallest absolute Gasteiger partial charge is 0.270 e. The molecular formula is C16H25N3O4. The molecule has 2 rings (SSSR count). The Morgan fingerprint density at radius 2 is 2.00 bits per heavy atom. The van der Waals surface area contributed by atoms with E-state index in [2.05, 4.69) is 16.8 Å². The summed E-state index contributed by atoms with van der Waals surface area (Å²) >= 11 is 0. The van der Waals surface area contributed by atoms with Gasteiger partial charge >= 0.3 is 0 Å². The summed E-state index contributed by atoms with van der Waals surface area (Å²) in [5.41, 5.74) is 0.0110. The molecule has 23 heavy (non-hydrogen) atoms. The molecule has 0 unspecified atom stereocenters. The molecule has 0 saturated carbocycles. The summed E-state index contributed by atoms with van der Waals surface area (Å²) in [6.45, 7) is 7.46. The van der Waals surface area contributed by atoms with Crippen molar-refractivity contribution in [2.45, 2.75) is 13.3 Å². The molecule has 7 nitrogen and oxygen atoms in total. The standard InChI is InChI=1S/C16H25N3O4/c1-3-9-23-10-8-18-4-6-19(7-5-18)16(21)13-11-14(20)15(22-2)12-17-13/h11-12H,3-10H2,1-2H3,(H,17,20). The summed E-state index contributed by atoms with van der Waals surface area (Å²) in [5, 5.41) is 0. The van der Waals surface area contributed by atoms with E-state index in [4.69, 9.17) is 9.47 Å². The first-order valence-corrected chi connectivity index (χ1v) is 8.01. The molecule has 7 heteroatoms. The molecule has 1 amide bonds. The van der Waals surface area contributed by atoms with Crippen LogP contribution in [0.3, 0.4) is 0 Å². The van der Waals surface area contributed by atoms with Gasteiger partial charge in [0.05, 0.1) is 13.7 Å². The van der Waals surface area contributed by atoms with Gasteiger partial charge in [0.15, 0.2) is 5.75 Å². The highest BCUT2D eigenvalue weighted by Crippen LogP contribution is 2.08. The maximum atomic E-state index is 12.4. The van der Waals surface area contributed by atoms with Crippen LogP contribution < -0.4 is 10.2 Å². The van der Waals surface area contributed by atoms with Gasteiger partial charge in [-0.3, -0.25) is 14.5 Å². The number of nitrogens with one attached hydrogen (secondary N) is 1. The quantitative estimate of drug-likeness (QED) is 0.743. The lowest BCUT2D eigenvalue weighted by Gasteiger charge is -2.34. The van der Waals surface area contributed by atoms with Crippen molar-refractivity contribution in [2.24, 2.45) is 0 Å². The number of hydrogen-bond acceptors (Lipinski definition) is 5. The Morgan fingerprint density at radius 1 is 1.26 bits per heavy atom. The summed E-state index contributed by atoms with van der Waals surface area (Å²) in [6.07, 6.45) is 2.46. The van der Waals surface area contributed by atoms with E-state index in [9.17, 15) is 9.59 Å². The molecule has 0 aliphatic carbocycles. The van der Waals surface area contributed by atoms with Gasteiger partial charge in [-0.25, -0.2) is 0 Å². The van der Waals surface area contributed by atoms with Gasteiger partial charge < -0.3 is 19.4 Å². The molecule has 1 N–H and O–H groups in total. The highest BCUT2D eigenvalue weighted by Gasteiger charge is 2.22. The van der Waals surface area contributed by atoms with Gasteiger partial charge in [0.2, 0.25) is 5.43 Å². The second-order valence-corrected chi connectivity index (χ2v) is 5.53. The second-order valence-electron chi connectivity index (χ2n) is 5.53. The first-order chi connectivity index (χ1) is 11.2. The molecule has 1 aliphatic rings. The monoisotopic (exact) mass is 323 g/mol. The lowest BCUT2D eigenvalue weighted by molar-refractivity contribution is 0.0547. The van der Waals surface area contributed by atoms with E-state index in [1.807, 2.05) is 0 Å². The molecule has 0 radical (unpaired) electrons. The number of hydrogen-bond donors (Lipinski definition) is 1. The number of aromatic amines is 1. The Balaban J connectivity index is 1.84. The molecule has 1 aromatic heterocycles. The number of nitrogens with zero attached hydrogens (tertiary/aromatic N) is 2. The van der Waals surface area contributed by atoms with E-state index in [0.717, 1.165) is 39.3 Å². The van der Waals surface area contributed by atoms with Crippen LogP contribution in [-0.4, -0.2) is 73.7 Å². The van der Waals surface area contributed by atoms with Gasteiger partial charge in [-0.1, -0.05) is 6.92 Å². The summed E-state index contributed by atoms with van der Waals surface area (Å²) < 4.78 is 10.4. The van der Waals surface area contributed by atoms with Gasteiger partial charge in [0, 0.05) is 51.6 Å². The van der Waals surface area contributed by atoms with Crippen molar-refractivity contribution in [3.05, 3.63) is 28.2 Å². The number of carbonyl (C=O) groups excluding carboxylic acids is 1. The molecule has 0 atom stereocenters. The van der Waals surface area contributed by atoms with Crippen LogP contribution in [0.25, 0.3) is 0 Å². The number of piperazine rings is 1. The van der Waals surface area contributed by atoms with E-state index in [1.54, 1.807) is 4.90 Å². The van der Waals surface area contributed by atoms with Crippen LogP contribution in [0.15, 0.2) is 17.1 Å². The Morgan fingerprint density at radius 3 is 2.61 bits per heavy atom. The Labute approximate surface area is 136 Å². The zero-order valence-corrected chi connectivity index (χ0v) is 13.8. The van der Waals surface area contributed by atoms with Crippen LogP contribution >= 0.6 is 0 Å². The zero-order valence-electron chi connectivity index (χ0n) is 13.8. The number of H-pyrrole nitrogens is 1. The SMILES string of the molecule is CCCOCCN1CCN(C(=O)c2cc(=O)c(OC)c[nH]2)CC1. The Kier molecular flexibility index (Phi) is 6.61. The van der Waals surface area contributed by atoms with Gasteiger partial charge in [-0.2, -0.15) is 0 Å². The van der Waals surface area contributed by atoms with Crippen LogP contribution in [0, 0.1) is 0 Å². The minimum absolute atomic E-state index is 0.147. The van der Waals surface area contributed by atoms with Gasteiger partial charge in [-0.15, -0.1) is 0 Å². The number of methoxy groups -OCH3 is 1. The number of rotatable bonds is 7. The molecule has 1 aliphatic heterocycles. The molecule has 1 aromatic rings. The fourth-order valence-electron chi connectivity index (χ4n) is 2.53. The van der Waals surface area contributed by atoms with Crippen LogP contribution in [0.4, 0.5) is 0 Å². The van der Waals surface area contributed by atoms with Crippen molar-refractivity contribution >= 4 is 5.91 Å². The van der Waals surface area contributed by atoms with Crippen LogP contribution in [0.5, 0.6) is 5.75 Å². The predicted octanol–water partition coefficient (Wildman–Crippen LogP) is 0.568. The number of aromatic nitrogens is 1. The van der Waals surface area contributed by atoms with Crippen LogP contribution in [0.2, 0.25) is 0 Å². The highest BCUT2D eigenvalue weighted by molar-refractivity contribution is 5.92. The summed E-state index contributed by atoms with van der Waals surface area (Å²) in [5.74, 6) is 0.0603. The zero-order chi connectivity index (χ0) is 16.7. The minimum Gasteiger partial charge on any atom is -0.491 e. The van der Waals surface area contributed by atoms with Crippen molar-refractivity contribution in [1.29, 1.82) is 0 Å². The maximum Gasteiger partial charge on any atom is 0.270 e. The molecule has 0 bridgehead atoms. The third-order valence-electron chi connectivity index (χ3n) is 3.89. The van der Waals surface area contributed by atoms with Crippen molar-refractivity contribution in [2.75, 3.05) is 53.0 Å². The van der Waals surface area contributed by atoms with E-state index in [-0.39, 0.29) is 17.1 Å². The Hall–Kier alpha value is -1.86. The highest BCUT2D eigenvalue weighted by atomic mass is 16.5. The molecule has 0 spiro atoms. The number of carbonyl (C=O) groups is 1. The van der Waals surface area contributed by atoms with E-state index in [0.29, 0.717) is 18.8 Å². The first kappa shape index (κ1) is 17.5. The fraction of sp³-hybridized carbons (Fsp3) is 0.625. The summed E-state index contributed by atoms with van der Waals surface area (Å²) in [7, 11) is 1.43. The lowest BCUT2D eigenvalue weighted by atomic mass is 10.2. The van der Waals surface area contributed by atoms with E-state index >= 15 is 0 Å². The van der Waals surface area contributed by atoms with Crippen molar-refractivity contribution < 1.29 is 14.3 Å². The maximum absolute atomic E-state index is 12.4. The normalized spacial score (nSPS) is 15.7. The Bertz CT molecular complexity index is 565. The van der Waals surface area contributed by atoms with Crippen LogP contribution in [-0.2, 0) is 4.74 Å². The summed E-state index contributed by atoms with van der Waals surface area (Å²) in [6, 6.07) is 1.30. The number of pyridine rings is 1. The predicted molar refractivity (Wildman–Crippen MR) is 87.1 cm³/mol. The number of ether oxygens (including phenoxy) is 2. The lowest BCUT2D eigenvalue weighted by Crippen LogP contribution is -2.49. The molecular weight excluding hydrogens is 298 g/mol. The molecule has 128 valence electrons. The molecule has 2 heterocycles. The van der Waals surface area contributed by atoms with Crippen molar-refractivity contribution in [1.82, 2.24) is 14.8 Å². The van der Waals surface area contributed by atoms with Crippen molar-refractivity contribution in [3.63, 3.8) is 0 Å². The van der Waals surface area contributed by atoms with E-state index in [1.165, 1.54) is 19.4 Å². The van der Waals surface area contributed by atoms with Gasteiger partial charge in [0.25, 0.3) is 5.91 Å². The topological polar surface area (TPSA) is 74.9 Å². The van der Waals surface area contributed by atoms with Gasteiger partial charge in [0.1, 0.15) is 5.69 Å². The number of amides is 1. The minimum atomic E-state index is -0.290. The third-order valence-corrected chi connectivity index (χ3v) is 3.89. The van der Waals surface area contributed by atoms with Gasteiger partial charge in [-0.05, 0) is 6.42 Å². The average Bonchev–Trinajstić information content (AvgIpc) is 2.58. The molecule has 0 aromatic carbocycles. The molecule has 1 fully saturated rings. The molecule has 1 saturated heterocycles. The van der Waals surface area contributed by atoms with E-state index < -0.39 is 0 Å². The summed E-state index contributed by atoms with van der Waals surface area (Å²) in [4.78, 5) is 31.1. The first-order valence-electron chi connectivity index (χ1n) is 8.01. The largest absolute Gasteiger partial charge is 0.491 e. The van der Waals surface area contributed by atoms with Crippen molar-refractivity contribution in [3.8, 4) is 5.75 Å². The average molecular weight is 323 g/mol. The third kappa shape index (κ3) is 4.80. The fourth-order valence-corrected chi connectivity index (χ4v) is 2.53. The second kappa shape index (κ2) is 8.69.